The van der Waals surface area contributed by atoms with Gasteiger partial charge in [0.05, 0.1) is 11.9 Å². The normalized spacial score (nSPS) is 10.5. The summed E-state index contributed by atoms with van der Waals surface area (Å²) in [5.74, 6) is 0.630. The van der Waals surface area contributed by atoms with Gasteiger partial charge < -0.3 is 10.1 Å². The van der Waals surface area contributed by atoms with E-state index in [-0.39, 0.29) is 12.5 Å². The second-order valence-corrected chi connectivity index (χ2v) is 6.29. The van der Waals surface area contributed by atoms with Crippen molar-refractivity contribution in [2.24, 2.45) is 0 Å². The number of nitrogens with one attached hydrogen (secondary N) is 1. The predicted molar refractivity (Wildman–Crippen MR) is 102 cm³/mol. The summed E-state index contributed by atoms with van der Waals surface area (Å²) in [6, 6.07) is 15.9. The Morgan fingerprint density at radius 1 is 1.15 bits per heavy atom. The number of carbonyl (C=O) groups is 1. The first-order chi connectivity index (χ1) is 12.6. The van der Waals surface area contributed by atoms with Crippen molar-refractivity contribution in [3.63, 3.8) is 0 Å². The Hall–Kier alpha value is -3.08. The molecule has 0 aliphatic heterocycles. The highest BCUT2D eigenvalue weighted by Gasteiger charge is 2.06. The lowest BCUT2D eigenvalue weighted by Crippen LogP contribution is -2.30. The number of carbonyl (C=O) groups excluding carboxylic acids is 1. The van der Waals surface area contributed by atoms with Crippen molar-refractivity contribution < 1.29 is 9.53 Å². The van der Waals surface area contributed by atoms with E-state index in [1.807, 2.05) is 79.5 Å². The SMILES string of the molecule is Cc1ccc(C)c(OCC(=O)NCCc2cnn(-c3ccccc3)c2)c1. The first kappa shape index (κ1) is 17.7. The fourth-order valence-electron chi connectivity index (χ4n) is 2.61. The second-order valence-electron chi connectivity index (χ2n) is 6.29. The van der Waals surface area contributed by atoms with Crippen molar-refractivity contribution in [2.75, 3.05) is 13.2 Å². The Morgan fingerprint density at radius 2 is 1.96 bits per heavy atom. The molecular weight excluding hydrogens is 326 g/mol. The minimum Gasteiger partial charge on any atom is -0.483 e. The molecule has 1 heterocycles. The molecule has 0 unspecified atom stereocenters. The molecule has 5 nitrogen and oxygen atoms in total. The van der Waals surface area contributed by atoms with Gasteiger partial charge in [0.25, 0.3) is 5.91 Å². The average molecular weight is 349 g/mol. The van der Waals surface area contributed by atoms with Crippen LogP contribution in [-0.2, 0) is 11.2 Å². The summed E-state index contributed by atoms with van der Waals surface area (Å²) < 4.78 is 7.45. The van der Waals surface area contributed by atoms with Gasteiger partial charge in [-0.2, -0.15) is 5.10 Å². The number of benzene rings is 2. The summed E-state index contributed by atoms with van der Waals surface area (Å²) in [5, 5.41) is 7.24. The van der Waals surface area contributed by atoms with Gasteiger partial charge in [-0.05, 0) is 55.2 Å². The van der Waals surface area contributed by atoms with Crippen LogP contribution in [0.3, 0.4) is 0 Å². The lowest BCUT2D eigenvalue weighted by molar-refractivity contribution is -0.123. The van der Waals surface area contributed by atoms with E-state index in [1.165, 1.54) is 0 Å². The molecule has 0 saturated heterocycles. The summed E-state index contributed by atoms with van der Waals surface area (Å²) in [6.45, 7) is 4.54. The molecule has 0 spiro atoms. The number of amides is 1. The molecule has 0 aliphatic rings. The van der Waals surface area contributed by atoms with Gasteiger partial charge >= 0.3 is 0 Å². The Kier molecular flexibility index (Phi) is 5.69. The van der Waals surface area contributed by atoms with E-state index >= 15 is 0 Å². The molecule has 0 atom stereocenters. The molecule has 0 saturated carbocycles. The Labute approximate surface area is 153 Å². The molecule has 1 aromatic heterocycles. The second kappa shape index (κ2) is 8.34. The fourth-order valence-corrected chi connectivity index (χ4v) is 2.61. The summed E-state index contributed by atoms with van der Waals surface area (Å²) in [5.41, 5.74) is 4.23. The number of para-hydroxylation sites is 1. The summed E-state index contributed by atoms with van der Waals surface area (Å²) in [4.78, 5) is 12.0. The summed E-state index contributed by atoms with van der Waals surface area (Å²) >= 11 is 0. The fraction of sp³-hybridized carbons (Fsp3) is 0.238. The van der Waals surface area contributed by atoms with Gasteiger partial charge in [-0.15, -0.1) is 0 Å². The Bertz CT molecular complexity index is 872. The van der Waals surface area contributed by atoms with E-state index < -0.39 is 0 Å². The van der Waals surface area contributed by atoms with E-state index in [2.05, 4.69) is 10.4 Å². The lowest BCUT2D eigenvalue weighted by atomic mass is 10.1. The highest BCUT2D eigenvalue weighted by atomic mass is 16.5. The molecule has 1 N–H and O–H groups in total. The van der Waals surface area contributed by atoms with Crippen LogP contribution in [0.1, 0.15) is 16.7 Å². The highest BCUT2D eigenvalue weighted by molar-refractivity contribution is 5.77. The van der Waals surface area contributed by atoms with Gasteiger partial charge in [0.15, 0.2) is 6.61 Å². The van der Waals surface area contributed by atoms with E-state index in [0.717, 1.165) is 34.5 Å². The predicted octanol–water partition coefficient (Wildman–Crippen LogP) is 3.23. The van der Waals surface area contributed by atoms with Crippen LogP contribution in [0, 0.1) is 13.8 Å². The first-order valence-electron chi connectivity index (χ1n) is 8.67. The lowest BCUT2D eigenvalue weighted by Gasteiger charge is -2.10. The van der Waals surface area contributed by atoms with E-state index in [4.69, 9.17) is 4.74 Å². The molecule has 2 aromatic carbocycles. The number of hydrogen-bond donors (Lipinski definition) is 1. The van der Waals surface area contributed by atoms with Crippen LogP contribution in [0.2, 0.25) is 0 Å². The average Bonchev–Trinajstić information content (AvgIpc) is 3.12. The smallest absolute Gasteiger partial charge is 0.257 e. The number of ether oxygens (including phenoxy) is 1. The van der Waals surface area contributed by atoms with Gasteiger partial charge in [0.2, 0.25) is 0 Å². The molecule has 0 fully saturated rings. The summed E-state index contributed by atoms with van der Waals surface area (Å²) in [7, 11) is 0. The third kappa shape index (κ3) is 4.72. The van der Waals surface area contributed by atoms with Crippen LogP contribution in [0.15, 0.2) is 60.9 Å². The molecular formula is C21H23N3O2. The van der Waals surface area contributed by atoms with Crippen LogP contribution < -0.4 is 10.1 Å². The number of aryl methyl sites for hydroxylation is 2. The van der Waals surface area contributed by atoms with E-state index in [1.54, 1.807) is 0 Å². The molecule has 1 amide bonds. The van der Waals surface area contributed by atoms with Gasteiger partial charge in [-0.1, -0.05) is 30.3 Å². The zero-order valence-corrected chi connectivity index (χ0v) is 15.1. The Morgan fingerprint density at radius 3 is 2.77 bits per heavy atom. The quantitative estimate of drug-likeness (QED) is 0.712. The van der Waals surface area contributed by atoms with Crippen LogP contribution in [-0.4, -0.2) is 28.8 Å². The van der Waals surface area contributed by atoms with Gasteiger partial charge in [0.1, 0.15) is 5.75 Å². The Balaban J connectivity index is 1.44. The third-order valence-electron chi connectivity index (χ3n) is 4.10. The third-order valence-corrected chi connectivity index (χ3v) is 4.10. The zero-order chi connectivity index (χ0) is 18.4. The van der Waals surface area contributed by atoms with Crippen LogP contribution >= 0.6 is 0 Å². The standard InChI is InChI=1S/C21H23N3O2/c1-16-8-9-17(2)20(12-16)26-15-21(25)22-11-10-18-13-23-24(14-18)19-6-4-3-5-7-19/h3-9,12-14H,10-11,15H2,1-2H3,(H,22,25). The zero-order valence-electron chi connectivity index (χ0n) is 15.1. The molecule has 3 rings (SSSR count). The van der Waals surface area contributed by atoms with Gasteiger partial charge in [-0.25, -0.2) is 4.68 Å². The first-order valence-corrected chi connectivity index (χ1v) is 8.67. The van der Waals surface area contributed by atoms with E-state index in [9.17, 15) is 4.79 Å². The molecule has 134 valence electrons. The van der Waals surface area contributed by atoms with Crippen LogP contribution in [0.25, 0.3) is 5.69 Å². The number of hydrogen-bond acceptors (Lipinski definition) is 3. The summed E-state index contributed by atoms with van der Waals surface area (Å²) in [6.07, 6.45) is 4.53. The molecule has 5 heteroatoms. The van der Waals surface area contributed by atoms with Gasteiger partial charge in [-0.3, -0.25) is 4.79 Å². The molecule has 26 heavy (non-hydrogen) atoms. The van der Waals surface area contributed by atoms with Crippen molar-refractivity contribution in [3.8, 4) is 11.4 Å². The monoisotopic (exact) mass is 349 g/mol. The van der Waals surface area contributed by atoms with Crippen molar-refractivity contribution >= 4 is 5.91 Å². The van der Waals surface area contributed by atoms with E-state index in [0.29, 0.717) is 6.54 Å². The largest absolute Gasteiger partial charge is 0.483 e. The van der Waals surface area contributed by atoms with Crippen LogP contribution in [0.4, 0.5) is 0 Å². The maximum atomic E-state index is 12.0. The molecule has 0 aliphatic carbocycles. The van der Waals surface area contributed by atoms with Crippen molar-refractivity contribution in [2.45, 2.75) is 20.3 Å². The van der Waals surface area contributed by atoms with Crippen molar-refractivity contribution in [3.05, 3.63) is 77.6 Å². The highest BCUT2D eigenvalue weighted by Crippen LogP contribution is 2.18. The number of rotatable bonds is 7. The number of aromatic nitrogens is 2. The molecule has 0 bridgehead atoms. The van der Waals surface area contributed by atoms with Crippen molar-refractivity contribution in [1.29, 1.82) is 0 Å². The van der Waals surface area contributed by atoms with Crippen molar-refractivity contribution in [1.82, 2.24) is 15.1 Å². The molecule has 0 radical (unpaired) electrons. The molecule has 3 aromatic rings. The topological polar surface area (TPSA) is 56.1 Å². The maximum Gasteiger partial charge on any atom is 0.257 e. The number of nitrogens with zero attached hydrogens (tertiary/aromatic N) is 2. The minimum absolute atomic E-state index is 0.0214. The van der Waals surface area contributed by atoms with Gasteiger partial charge in [0, 0.05) is 12.7 Å². The van der Waals surface area contributed by atoms with Crippen LogP contribution in [0.5, 0.6) is 5.75 Å². The maximum absolute atomic E-state index is 12.0. The minimum atomic E-state index is -0.124.